The molecule has 0 aromatic rings. The van der Waals surface area contributed by atoms with Crippen LogP contribution in [0.2, 0.25) is 0 Å². The summed E-state index contributed by atoms with van der Waals surface area (Å²) in [5, 5.41) is 3.70. The number of rotatable bonds is 5. The van der Waals surface area contributed by atoms with Gasteiger partial charge in [0.15, 0.2) is 5.79 Å². The molecule has 1 N–H and O–H groups in total. The molecule has 2 heterocycles. The van der Waals surface area contributed by atoms with Crippen LogP contribution in [0.3, 0.4) is 0 Å². The van der Waals surface area contributed by atoms with E-state index in [9.17, 15) is 0 Å². The van der Waals surface area contributed by atoms with Gasteiger partial charge in [-0.05, 0) is 52.7 Å². The van der Waals surface area contributed by atoms with Crippen molar-refractivity contribution < 1.29 is 9.47 Å². The van der Waals surface area contributed by atoms with Crippen molar-refractivity contribution in [2.45, 2.75) is 64.3 Å². The maximum atomic E-state index is 5.70. The van der Waals surface area contributed by atoms with Gasteiger partial charge < -0.3 is 19.7 Å². The zero-order chi connectivity index (χ0) is 13.7. The van der Waals surface area contributed by atoms with E-state index in [0.717, 1.165) is 13.2 Å². The van der Waals surface area contributed by atoms with Gasteiger partial charge in [-0.1, -0.05) is 13.3 Å². The van der Waals surface area contributed by atoms with Crippen LogP contribution in [-0.4, -0.2) is 55.6 Å². The van der Waals surface area contributed by atoms with Gasteiger partial charge in [0, 0.05) is 6.04 Å². The lowest BCUT2D eigenvalue weighted by Crippen LogP contribution is -2.53. The van der Waals surface area contributed by atoms with Gasteiger partial charge in [-0.3, -0.25) is 0 Å². The molecule has 0 aliphatic carbocycles. The van der Waals surface area contributed by atoms with E-state index in [1.165, 1.54) is 45.3 Å². The first kappa shape index (κ1) is 15.2. The molecule has 0 spiro atoms. The highest BCUT2D eigenvalue weighted by Gasteiger charge is 2.30. The molecule has 2 aliphatic rings. The van der Waals surface area contributed by atoms with Crippen molar-refractivity contribution in [1.82, 2.24) is 10.2 Å². The van der Waals surface area contributed by atoms with Crippen LogP contribution in [0.25, 0.3) is 0 Å². The number of ether oxygens (including phenoxy) is 2. The second kappa shape index (κ2) is 7.02. The molecule has 2 saturated heterocycles. The third kappa shape index (κ3) is 5.03. The Morgan fingerprint density at radius 2 is 1.74 bits per heavy atom. The molecule has 2 rings (SSSR count). The van der Waals surface area contributed by atoms with E-state index in [1.54, 1.807) is 0 Å². The number of nitrogens with zero attached hydrogens (tertiary/aromatic N) is 1. The first-order valence-corrected chi connectivity index (χ1v) is 7.85. The van der Waals surface area contributed by atoms with Gasteiger partial charge in [0.2, 0.25) is 0 Å². The smallest absolute Gasteiger partial charge is 0.162 e. The summed E-state index contributed by atoms with van der Waals surface area (Å²) < 4.78 is 11.4. The molecule has 2 fully saturated rings. The zero-order valence-electron chi connectivity index (χ0n) is 12.8. The van der Waals surface area contributed by atoms with Gasteiger partial charge in [0.1, 0.15) is 0 Å². The number of likely N-dealkylation sites (tertiary alicyclic amines) is 1. The highest BCUT2D eigenvalue weighted by atomic mass is 16.7. The van der Waals surface area contributed by atoms with Crippen LogP contribution in [-0.2, 0) is 9.47 Å². The summed E-state index contributed by atoms with van der Waals surface area (Å²) in [5.74, 6) is -0.401. The van der Waals surface area contributed by atoms with E-state index in [1.807, 2.05) is 13.8 Å². The van der Waals surface area contributed by atoms with Crippen molar-refractivity contribution in [3.63, 3.8) is 0 Å². The molecule has 4 heteroatoms. The van der Waals surface area contributed by atoms with Crippen molar-refractivity contribution in [2.24, 2.45) is 0 Å². The first-order chi connectivity index (χ1) is 9.09. The molecular formula is C15H30N2O2. The van der Waals surface area contributed by atoms with Crippen LogP contribution < -0.4 is 5.32 Å². The largest absolute Gasteiger partial charge is 0.349 e. The Bertz CT molecular complexity index is 253. The van der Waals surface area contributed by atoms with Crippen LogP contribution in [0.1, 0.15) is 46.5 Å². The lowest BCUT2D eigenvalue weighted by Gasteiger charge is -2.39. The number of nitrogens with one attached hydrogen (secondary N) is 1. The highest BCUT2D eigenvalue weighted by Crippen LogP contribution is 2.18. The fourth-order valence-electron chi connectivity index (χ4n) is 2.83. The molecule has 0 radical (unpaired) electrons. The molecule has 0 aromatic heterocycles. The third-order valence-electron chi connectivity index (χ3n) is 4.15. The number of hydrogen-bond donors (Lipinski definition) is 1. The quantitative estimate of drug-likeness (QED) is 0.828. The van der Waals surface area contributed by atoms with Crippen molar-refractivity contribution in [1.29, 1.82) is 0 Å². The molecule has 2 aliphatic heterocycles. The van der Waals surface area contributed by atoms with E-state index in [4.69, 9.17) is 9.47 Å². The van der Waals surface area contributed by atoms with Gasteiger partial charge in [-0.25, -0.2) is 0 Å². The lowest BCUT2D eigenvalue weighted by molar-refractivity contribution is -0.253. The van der Waals surface area contributed by atoms with Gasteiger partial charge in [0.05, 0.1) is 19.3 Å². The number of hydrogen-bond acceptors (Lipinski definition) is 4. The predicted octanol–water partition coefficient (Wildman–Crippen LogP) is 1.99. The summed E-state index contributed by atoms with van der Waals surface area (Å²) in [6.07, 6.45) is 5.13. The van der Waals surface area contributed by atoms with Crippen LogP contribution in [0.4, 0.5) is 0 Å². The number of piperidine rings is 1. The van der Waals surface area contributed by atoms with Crippen LogP contribution >= 0.6 is 0 Å². The van der Waals surface area contributed by atoms with E-state index in [-0.39, 0.29) is 0 Å². The Morgan fingerprint density at radius 3 is 2.32 bits per heavy atom. The van der Waals surface area contributed by atoms with Gasteiger partial charge in [-0.2, -0.15) is 0 Å². The topological polar surface area (TPSA) is 33.7 Å². The van der Waals surface area contributed by atoms with E-state index in [0.29, 0.717) is 12.1 Å². The fraction of sp³-hybridized carbons (Fsp3) is 1.00. The van der Waals surface area contributed by atoms with Crippen LogP contribution in [0.5, 0.6) is 0 Å². The maximum absolute atomic E-state index is 5.70. The number of unbranched alkanes of at least 4 members (excludes halogenated alkanes) is 1. The van der Waals surface area contributed by atoms with Gasteiger partial charge in [0.25, 0.3) is 0 Å². The monoisotopic (exact) mass is 270 g/mol. The Hall–Kier alpha value is -0.160. The highest BCUT2D eigenvalue weighted by molar-refractivity contribution is 4.82. The van der Waals surface area contributed by atoms with Crippen molar-refractivity contribution in [3.05, 3.63) is 0 Å². The fourth-order valence-corrected chi connectivity index (χ4v) is 2.83. The van der Waals surface area contributed by atoms with E-state index >= 15 is 0 Å². The molecule has 0 unspecified atom stereocenters. The molecule has 4 nitrogen and oxygen atoms in total. The summed E-state index contributed by atoms with van der Waals surface area (Å²) in [6.45, 7) is 11.5. The second-order valence-electron chi connectivity index (χ2n) is 6.35. The summed E-state index contributed by atoms with van der Waals surface area (Å²) in [5.41, 5.74) is 0. The summed E-state index contributed by atoms with van der Waals surface area (Å²) in [7, 11) is 0. The average molecular weight is 270 g/mol. The maximum Gasteiger partial charge on any atom is 0.162 e. The molecule has 0 bridgehead atoms. The van der Waals surface area contributed by atoms with Crippen LogP contribution in [0.15, 0.2) is 0 Å². The second-order valence-corrected chi connectivity index (χ2v) is 6.35. The van der Waals surface area contributed by atoms with Crippen LogP contribution in [0, 0.1) is 0 Å². The molecule has 0 saturated carbocycles. The minimum atomic E-state index is -0.401. The normalized spacial score (nSPS) is 26.7. The molecule has 19 heavy (non-hydrogen) atoms. The molecule has 112 valence electrons. The Kier molecular flexibility index (Phi) is 5.63. The standard InChI is InChI=1S/C15H30N2O2/c1-4-5-8-17-9-6-13(7-10-17)16-14-11-18-15(2,3)19-12-14/h13-14,16H,4-12H2,1-3H3. The first-order valence-electron chi connectivity index (χ1n) is 7.85. The van der Waals surface area contributed by atoms with Gasteiger partial charge in [-0.15, -0.1) is 0 Å². The SMILES string of the molecule is CCCCN1CCC(NC2COC(C)(C)OC2)CC1. The van der Waals surface area contributed by atoms with Gasteiger partial charge >= 0.3 is 0 Å². The van der Waals surface area contributed by atoms with E-state index in [2.05, 4.69) is 17.1 Å². The summed E-state index contributed by atoms with van der Waals surface area (Å²) in [6, 6.07) is 0.997. The molecule has 0 atom stereocenters. The summed E-state index contributed by atoms with van der Waals surface area (Å²) in [4.78, 5) is 2.60. The minimum absolute atomic E-state index is 0.361. The minimum Gasteiger partial charge on any atom is -0.349 e. The summed E-state index contributed by atoms with van der Waals surface area (Å²) >= 11 is 0. The van der Waals surface area contributed by atoms with E-state index < -0.39 is 5.79 Å². The Balaban J connectivity index is 1.63. The predicted molar refractivity (Wildman–Crippen MR) is 77.3 cm³/mol. The molecule has 0 aromatic carbocycles. The third-order valence-corrected chi connectivity index (χ3v) is 4.15. The van der Waals surface area contributed by atoms with Crippen molar-refractivity contribution >= 4 is 0 Å². The lowest BCUT2D eigenvalue weighted by atomic mass is 10.0. The van der Waals surface area contributed by atoms with Crippen molar-refractivity contribution in [3.8, 4) is 0 Å². The van der Waals surface area contributed by atoms with Crippen molar-refractivity contribution in [2.75, 3.05) is 32.8 Å². The Labute approximate surface area is 117 Å². The molecular weight excluding hydrogens is 240 g/mol. The molecule has 0 amide bonds. The zero-order valence-corrected chi connectivity index (χ0v) is 12.8. The average Bonchev–Trinajstić information content (AvgIpc) is 2.40. The Morgan fingerprint density at radius 1 is 1.11 bits per heavy atom.